The van der Waals surface area contributed by atoms with E-state index < -0.39 is 0 Å². The number of nitrogens with one attached hydrogen (secondary N) is 1. The van der Waals surface area contributed by atoms with Crippen molar-refractivity contribution in [3.8, 4) is 29.0 Å². The minimum Gasteiger partial charge on any atom is -0.497 e. The zero-order valence-electron chi connectivity index (χ0n) is 13.9. The maximum atomic E-state index is 12.9. The number of carbonyl (C=O) groups excluding carboxylic acids is 1. The molecule has 4 rings (SSSR count). The number of hydrogen-bond donors (Lipinski definition) is 2. The van der Waals surface area contributed by atoms with Gasteiger partial charge in [-0.15, -0.1) is 0 Å². The molecule has 0 unspecified atom stereocenters. The van der Waals surface area contributed by atoms with Gasteiger partial charge in [0.1, 0.15) is 17.4 Å². The molecule has 0 bridgehead atoms. The molecular weight excluding hydrogens is 328 g/mol. The van der Waals surface area contributed by atoms with Gasteiger partial charge < -0.3 is 14.8 Å². The lowest BCUT2D eigenvalue weighted by Gasteiger charge is -2.06. The number of Topliss-reactive ketones (excluding diaryl/α,β-unsaturated/α-hetero) is 1. The second-order valence-electron chi connectivity index (χ2n) is 5.88. The Labute approximate surface area is 149 Å². The van der Waals surface area contributed by atoms with E-state index in [0.29, 0.717) is 33.7 Å². The van der Waals surface area contributed by atoms with E-state index >= 15 is 0 Å². The number of H-pyrrole nitrogens is 1. The number of aromatic hydroxyl groups is 1. The predicted molar refractivity (Wildman–Crippen MR) is 96.9 cm³/mol. The van der Waals surface area contributed by atoms with Crippen molar-refractivity contribution in [3.63, 3.8) is 0 Å². The Morgan fingerprint density at radius 3 is 2.31 bits per heavy atom. The van der Waals surface area contributed by atoms with E-state index in [4.69, 9.17) is 4.74 Å². The highest BCUT2D eigenvalue weighted by atomic mass is 16.5. The summed E-state index contributed by atoms with van der Waals surface area (Å²) in [6.45, 7) is 0. The standard InChI is InChI=1S/C21H14N2O3/c1-26-14-9-7-12(8-10-14)16-15(11-22)20(24)18-17(16)21(25)23-19(18)13-5-3-2-4-6-13/h2-10,23,25H,1H3. The van der Waals surface area contributed by atoms with Gasteiger partial charge in [0, 0.05) is 5.57 Å². The van der Waals surface area contributed by atoms with Gasteiger partial charge in [-0.05, 0) is 23.3 Å². The van der Waals surface area contributed by atoms with Crippen LogP contribution in [0.15, 0.2) is 60.2 Å². The fraction of sp³-hybridized carbons (Fsp3) is 0.0476. The van der Waals surface area contributed by atoms with Crippen LogP contribution in [0, 0.1) is 11.3 Å². The second-order valence-corrected chi connectivity index (χ2v) is 5.88. The van der Waals surface area contributed by atoms with Crippen molar-refractivity contribution in [2.24, 2.45) is 0 Å². The summed E-state index contributed by atoms with van der Waals surface area (Å²) >= 11 is 0. The van der Waals surface area contributed by atoms with Crippen LogP contribution >= 0.6 is 0 Å². The number of fused-ring (bicyclic) bond motifs is 1. The second kappa shape index (κ2) is 5.94. The Hall–Kier alpha value is -3.78. The van der Waals surface area contributed by atoms with E-state index in [2.05, 4.69) is 4.98 Å². The predicted octanol–water partition coefficient (Wildman–Crippen LogP) is 3.92. The highest BCUT2D eigenvalue weighted by molar-refractivity contribution is 6.28. The van der Waals surface area contributed by atoms with Gasteiger partial charge in [0.2, 0.25) is 5.78 Å². The normalized spacial score (nSPS) is 12.8. The average Bonchev–Trinajstić information content (AvgIpc) is 3.18. The van der Waals surface area contributed by atoms with Gasteiger partial charge >= 0.3 is 0 Å². The molecule has 5 nitrogen and oxygen atoms in total. The first-order valence-corrected chi connectivity index (χ1v) is 8.00. The number of methoxy groups -OCH3 is 1. The van der Waals surface area contributed by atoms with E-state index in [1.807, 2.05) is 36.4 Å². The third kappa shape index (κ3) is 2.20. The number of rotatable bonds is 3. The summed E-state index contributed by atoms with van der Waals surface area (Å²) in [7, 11) is 1.57. The molecule has 0 spiro atoms. The molecule has 1 aliphatic carbocycles. The highest BCUT2D eigenvalue weighted by Gasteiger charge is 2.37. The molecule has 0 atom stereocenters. The lowest BCUT2D eigenvalue weighted by molar-refractivity contribution is 0.104. The molecule has 5 heteroatoms. The van der Waals surface area contributed by atoms with E-state index in [-0.39, 0.29) is 17.2 Å². The highest BCUT2D eigenvalue weighted by Crippen LogP contribution is 2.46. The Bertz CT molecular complexity index is 1080. The first-order chi connectivity index (χ1) is 12.7. The summed E-state index contributed by atoms with van der Waals surface area (Å²) in [4.78, 5) is 15.8. The van der Waals surface area contributed by atoms with Crippen molar-refractivity contribution in [3.05, 3.63) is 76.9 Å². The van der Waals surface area contributed by atoms with Crippen LogP contribution in [-0.4, -0.2) is 23.0 Å². The van der Waals surface area contributed by atoms with Gasteiger partial charge in [-0.2, -0.15) is 5.26 Å². The van der Waals surface area contributed by atoms with Crippen LogP contribution in [0.25, 0.3) is 16.8 Å². The van der Waals surface area contributed by atoms with Gasteiger partial charge in [0.25, 0.3) is 0 Å². The number of aromatic amines is 1. The van der Waals surface area contributed by atoms with Crippen molar-refractivity contribution in [2.75, 3.05) is 7.11 Å². The number of carbonyl (C=O) groups is 1. The SMILES string of the molecule is COc1ccc(C2=C(C#N)C(=O)c3c(-c4ccccc4)[nH]c(O)c32)cc1. The Morgan fingerprint density at radius 1 is 1.00 bits per heavy atom. The molecule has 2 aromatic carbocycles. The Morgan fingerprint density at radius 2 is 1.69 bits per heavy atom. The first-order valence-electron chi connectivity index (χ1n) is 8.00. The van der Waals surface area contributed by atoms with E-state index in [9.17, 15) is 15.2 Å². The van der Waals surface area contributed by atoms with Gasteiger partial charge in [-0.3, -0.25) is 4.79 Å². The monoisotopic (exact) mass is 342 g/mol. The summed E-state index contributed by atoms with van der Waals surface area (Å²) < 4.78 is 5.16. The molecule has 1 aromatic heterocycles. The lowest BCUT2D eigenvalue weighted by Crippen LogP contribution is -1.98. The quantitative estimate of drug-likeness (QED) is 0.755. The van der Waals surface area contributed by atoms with Crippen LogP contribution in [0.4, 0.5) is 0 Å². The summed E-state index contributed by atoms with van der Waals surface area (Å²) in [5.41, 5.74) is 3.12. The van der Waals surface area contributed by atoms with E-state index in [0.717, 1.165) is 5.56 Å². The maximum absolute atomic E-state index is 12.9. The van der Waals surface area contributed by atoms with Gasteiger partial charge in [-0.1, -0.05) is 42.5 Å². The van der Waals surface area contributed by atoms with Crippen molar-refractivity contribution >= 4 is 11.4 Å². The van der Waals surface area contributed by atoms with E-state index in [1.54, 1.807) is 31.4 Å². The van der Waals surface area contributed by atoms with Crippen molar-refractivity contribution in [2.45, 2.75) is 0 Å². The topological polar surface area (TPSA) is 86.1 Å². The minimum atomic E-state index is -0.385. The summed E-state index contributed by atoms with van der Waals surface area (Å²) in [6, 6.07) is 18.3. The number of ketones is 1. The minimum absolute atomic E-state index is 0.0293. The number of benzene rings is 2. The van der Waals surface area contributed by atoms with Crippen LogP contribution < -0.4 is 4.74 Å². The summed E-state index contributed by atoms with van der Waals surface area (Å²) in [5.74, 6) is 0.160. The third-order valence-corrected chi connectivity index (χ3v) is 4.49. The molecule has 0 saturated carbocycles. The van der Waals surface area contributed by atoms with Gasteiger partial charge in [0.15, 0.2) is 5.88 Å². The Balaban J connectivity index is 1.95. The number of aromatic nitrogens is 1. The first kappa shape index (κ1) is 15.7. The van der Waals surface area contributed by atoms with Crippen molar-refractivity contribution in [1.82, 2.24) is 4.98 Å². The fourth-order valence-electron chi connectivity index (χ4n) is 3.30. The number of nitriles is 1. The fourth-order valence-corrected chi connectivity index (χ4v) is 3.30. The number of hydrogen-bond acceptors (Lipinski definition) is 4. The molecule has 0 radical (unpaired) electrons. The zero-order valence-corrected chi connectivity index (χ0v) is 13.9. The molecule has 0 fully saturated rings. The third-order valence-electron chi connectivity index (χ3n) is 4.49. The molecule has 0 amide bonds. The molecule has 26 heavy (non-hydrogen) atoms. The lowest BCUT2D eigenvalue weighted by atomic mass is 9.98. The maximum Gasteiger partial charge on any atom is 0.207 e. The molecular formula is C21H14N2O3. The molecule has 3 aromatic rings. The van der Waals surface area contributed by atoms with Crippen molar-refractivity contribution < 1.29 is 14.6 Å². The molecule has 0 saturated heterocycles. The number of allylic oxidation sites excluding steroid dienone is 1. The smallest absolute Gasteiger partial charge is 0.207 e. The zero-order chi connectivity index (χ0) is 18.3. The number of nitrogens with zero attached hydrogens (tertiary/aromatic N) is 1. The molecule has 0 aliphatic heterocycles. The van der Waals surface area contributed by atoms with E-state index in [1.165, 1.54) is 0 Å². The molecule has 2 N–H and O–H groups in total. The van der Waals surface area contributed by atoms with Crippen LogP contribution in [-0.2, 0) is 0 Å². The van der Waals surface area contributed by atoms with Gasteiger partial charge in [-0.25, -0.2) is 0 Å². The molecule has 1 aliphatic rings. The van der Waals surface area contributed by atoms with Crippen LogP contribution in [0.2, 0.25) is 0 Å². The van der Waals surface area contributed by atoms with Gasteiger partial charge in [0.05, 0.1) is 23.9 Å². The summed E-state index contributed by atoms with van der Waals surface area (Å²) in [6.07, 6.45) is 0. The van der Waals surface area contributed by atoms with Crippen LogP contribution in [0.1, 0.15) is 21.5 Å². The van der Waals surface area contributed by atoms with Crippen LogP contribution in [0.3, 0.4) is 0 Å². The Kier molecular flexibility index (Phi) is 3.59. The average molecular weight is 342 g/mol. The number of ether oxygens (including phenoxy) is 1. The molecule has 126 valence electrons. The molecule has 1 heterocycles. The largest absolute Gasteiger partial charge is 0.497 e. The van der Waals surface area contributed by atoms with Crippen molar-refractivity contribution in [1.29, 1.82) is 5.26 Å². The van der Waals surface area contributed by atoms with Crippen LogP contribution in [0.5, 0.6) is 11.6 Å². The summed E-state index contributed by atoms with van der Waals surface area (Å²) in [5, 5.41) is 20.1.